The molecule has 2 N–H and O–H groups in total. The first kappa shape index (κ1) is 23.8. The molecule has 1 atom stereocenters. The number of benzene rings is 2. The maximum Gasteiger partial charge on any atom is 0.325 e. The predicted octanol–water partition coefficient (Wildman–Crippen LogP) is 3.91. The minimum absolute atomic E-state index is 0.00518. The van der Waals surface area contributed by atoms with Gasteiger partial charge in [0.2, 0.25) is 5.91 Å². The van der Waals surface area contributed by atoms with Crippen LogP contribution in [0.1, 0.15) is 63.9 Å². The van der Waals surface area contributed by atoms with Crippen LogP contribution in [0.4, 0.5) is 4.79 Å². The van der Waals surface area contributed by atoms with Gasteiger partial charge in [-0.3, -0.25) is 19.4 Å². The number of hydrogen-bond donors (Lipinski definition) is 2. The van der Waals surface area contributed by atoms with Crippen molar-refractivity contribution in [3.63, 3.8) is 0 Å². The summed E-state index contributed by atoms with van der Waals surface area (Å²) in [5.41, 5.74) is -0.478. The zero-order valence-corrected chi connectivity index (χ0v) is 20.6. The number of hydrogen-bond acceptors (Lipinski definition) is 4. The molecular weight excluding hydrogens is 440 g/mol. The van der Waals surface area contributed by atoms with Gasteiger partial charge < -0.3 is 10.6 Å². The van der Waals surface area contributed by atoms with E-state index in [2.05, 4.69) is 15.5 Å². The lowest BCUT2D eigenvalue weighted by Crippen LogP contribution is -2.58. The van der Waals surface area contributed by atoms with Gasteiger partial charge >= 0.3 is 6.03 Å². The van der Waals surface area contributed by atoms with E-state index in [1.54, 1.807) is 6.92 Å². The van der Waals surface area contributed by atoms with Gasteiger partial charge in [-0.15, -0.1) is 0 Å². The quantitative estimate of drug-likeness (QED) is 0.620. The summed E-state index contributed by atoms with van der Waals surface area (Å²) < 4.78 is 0. The van der Waals surface area contributed by atoms with Gasteiger partial charge in [0.1, 0.15) is 12.1 Å². The molecule has 4 amide bonds. The molecule has 0 unspecified atom stereocenters. The third-order valence-corrected chi connectivity index (χ3v) is 8.33. The van der Waals surface area contributed by atoms with Crippen molar-refractivity contribution in [3.05, 3.63) is 48.0 Å². The third-order valence-electron chi connectivity index (χ3n) is 8.33. The molecule has 35 heavy (non-hydrogen) atoms. The number of nitrogens with one attached hydrogen (secondary N) is 2. The van der Waals surface area contributed by atoms with Gasteiger partial charge in [0.25, 0.3) is 5.91 Å². The summed E-state index contributed by atoms with van der Waals surface area (Å²) in [5, 5.41) is 7.99. The standard InChI is InChI=1S/C28H36N4O3/c1-27(23-13-12-21-10-4-5-11-22(21)18-23)25(34)32(26(35)30-27)19-24(33)29-20-28(14-6-2-7-15-28)31-16-8-3-9-17-31/h4-5,10-13,18H,2-3,6-9,14-17,19-20H2,1H3,(H,29,33)(H,30,35)/t27-/m0/s1. The molecule has 2 aromatic carbocycles. The molecule has 0 aromatic heterocycles. The van der Waals surface area contributed by atoms with Crippen molar-refractivity contribution in [1.29, 1.82) is 0 Å². The lowest BCUT2D eigenvalue weighted by molar-refractivity contribution is -0.135. The Balaban J connectivity index is 1.26. The number of rotatable bonds is 6. The van der Waals surface area contributed by atoms with E-state index in [0.29, 0.717) is 12.1 Å². The second-order valence-electron chi connectivity index (χ2n) is 10.6. The Kier molecular flexibility index (Phi) is 6.53. The number of urea groups is 1. The topological polar surface area (TPSA) is 81.8 Å². The van der Waals surface area contributed by atoms with Crippen molar-refractivity contribution in [2.24, 2.45) is 0 Å². The van der Waals surface area contributed by atoms with Crippen LogP contribution in [0.5, 0.6) is 0 Å². The Morgan fingerprint density at radius 1 is 0.943 bits per heavy atom. The zero-order valence-electron chi connectivity index (χ0n) is 20.6. The van der Waals surface area contributed by atoms with Gasteiger partial charge in [-0.05, 0) is 68.1 Å². The Bertz CT molecular complexity index is 1120. The van der Waals surface area contributed by atoms with Crippen LogP contribution in [0.3, 0.4) is 0 Å². The molecular formula is C28H36N4O3. The second kappa shape index (κ2) is 9.61. The van der Waals surface area contributed by atoms with E-state index in [4.69, 9.17) is 0 Å². The molecule has 3 aliphatic rings. The van der Waals surface area contributed by atoms with Crippen LogP contribution < -0.4 is 10.6 Å². The maximum absolute atomic E-state index is 13.4. The molecule has 2 heterocycles. The maximum atomic E-state index is 13.4. The molecule has 0 radical (unpaired) electrons. The lowest BCUT2D eigenvalue weighted by atomic mass is 9.79. The van der Waals surface area contributed by atoms with Crippen LogP contribution in [0.15, 0.2) is 42.5 Å². The zero-order chi connectivity index (χ0) is 24.5. The van der Waals surface area contributed by atoms with Crippen LogP contribution in [0.25, 0.3) is 10.8 Å². The third kappa shape index (κ3) is 4.54. The number of likely N-dealkylation sites (tertiary alicyclic amines) is 1. The molecule has 2 aliphatic heterocycles. The van der Waals surface area contributed by atoms with Gasteiger partial charge in [0, 0.05) is 12.1 Å². The van der Waals surface area contributed by atoms with Crippen LogP contribution in [0, 0.1) is 0 Å². The molecule has 2 saturated heterocycles. The van der Waals surface area contributed by atoms with Gasteiger partial charge in [0.05, 0.1) is 0 Å². The molecule has 3 fully saturated rings. The largest absolute Gasteiger partial charge is 0.353 e. The average molecular weight is 477 g/mol. The van der Waals surface area contributed by atoms with Crippen LogP contribution >= 0.6 is 0 Å². The van der Waals surface area contributed by atoms with Crippen molar-refractivity contribution >= 4 is 28.6 Å². The summed E-state index contributed by atoms with van der Waals surface area (Å²) in [5.74, 6) is -0.672. The van der Waals surface area contributed by atoms with Gasteiger partial charge in [0.15, 0.2) is 0 Å². The first-order valence-electron chi connectivity index (χ1n) is 13.1. The monoisotopic (exact) mass is 476 g/mol. The molecule has 7 heteroatoms. The van der Waals surface area contributed by atoms with Crippen molar-refractivity contribution in [3.8, 4) is 0 Å². The fourth-order valence-electron chi connectivity index (χ4n) is 6.18. The second-order valence-corrected chi connectivity index (χ2v) is 10.6. The first-order chi connectivity index (χ1) is 16.9. The van der Waals surface area contributed by atoms with Crippen LogP contribution in [-0.2, 0) is 15.1 Å². The smallest absolute Gasteiger partial charge is 0.325 e. The molecule has 1 saturated carbocycles. The van der Waals surface area contributed by atoms with E-state index >= 15 is 0 Å². The summed E-state index contributed by atoms with van der Waals surface area (Å²) in [4.78, 5) is 42.8. The fraction of sp³-hybridized carbons (Fsp3) is 0.536. The molecule has 5 rings (SSSR count). The number of carbonyl (C=O) groups is 3. The molecule has 2 aromatic rings. The predicted molar refractivity (Wildman–Crippen MR) is 136 cm³/mol. The fourth-order valence-corrected chi connectivity index (χ4v) is 6.18. The minimum Gasteiger partial charge on any atom is -0.353 e. The van der Waals surface area contributed by atoms with E-state index in [9.17, 15) is 14.4 Å². The molecule has 7 nitrogen and oxygen atoms in total. The highest BCUT2D eigenvalue weighted by molar-refractivity contribution is 6.09. The van der Waals surface area contributed by atoms with Crippen molar-refractivity contribution in [2.75, 3.05) is 26.2 Å². The highest BCUT2D eigenvalue weighted by Crippen LogP contribution is 2.35. The van der Waals surface area contributed by atoms with E-state index in [-0.39, 0.29) is 18.0 Å². The number of nitrogens with zero attached hydrogens (tertiary/aromatic N) is 2. The summed E-state index contributed by atoms with van der Waals surface area (Å²) in [6.07, 6.45) is 9.51. The van der Waals surface area contributed by atoms with Gasteiger partial charge in [-0.25, -0.2) is 4.79 Å². The minimum atomic E-state index is -1.19. The number of amides is 4. The highest BCUT2D eigenvalue weighted by Gasteiger charge is 2.49. The van der Waals surface area contributed by atoms with Crippen LogP contribution in [0.2, 0.25) is 0 Å². The molecule has 0 bridgehead atoms. The van der Waals surface area contributed by atoms with Gasteiger partial charge in [-0.1, -0.05) is 62.1 Å². The number of imide groups is 1. The molecule has 1 aliphatic carbocycles. The average Bonchev–Trinajstić information content (AvgIpc) is 3.12. The normalized spacial score (nSPS) is 25.0. The number of fused-ring (bicyclic) bond motifs is 1. The summed E-state index contributed by atoms with van der Waals surface area (Å²) in [7, 11) is 0. The van der Waals surface area contributed by atoms with Crippen molar-refractivity contribution in [2.45, 2.75) is 69.4 Å². The van der Waals surface area contributed by atoms with Gasteiger partial charge in [-0.2, -0.15) is 0 Å². The SMILES string of the molecule is C[C@@]1(c2ccc3ccccc3c2)NC(=O)N(CC(=O)NCC2(N3CCCCC3)CCCCC2)C1=O. The van der Waals surface area contributed by atoms with Crippen molar-refractivity contribution in [1.82, 2.24) is 20.4 Å². The Hall–Kier alpha value is -2.93. The Morgan fingerprint density at radius 2 is 1.63 bits per heavy atom. The summed E-state index contributed by atoms with van der Waals surface area (Å²) in [6, 6.07) is 13.1. The highest BCUT2D eigenvalue weighted by atomic mass is 16.2. The van der Waals surface area contributed by atoms with E-state index in [0.717, 1.165) is 41.6 Å². The van der Waals surface area contributed by atoms with E-state index in [1.807, 2.05) is 42.5 Å². The number of carbonyl (C=O) groups excluding carboxylic acids is 3. The van der Waals surface area contributed by atoms with Crippen LogP contribution in [-0.4, -0.2) is 59.4 Å². The molecule has 186 valence electrons. The van der Waals surface area contributed by atoms with E-state index < -0.39 is 17.5 Å². The lowest BCUT2D eigenvalue weighted by Gasteiger charge is -2.48. The van der Waals surface area contributed by atoms with Crippen molar-refractivity contribution < 1.29 is 14.4 Å². The van der Waals surface area contributed by atoms with E-state index in [1.165, 1.54) is 38.5 Å². The first-order valence-corrected chi connectivity index (χ1v) is 13.1. The summed E-state index contributed by atoms with van der Waals surface area (Å²) in [6.45, 7) is 4.21. The summed E-state index contributed by atoms with van der Waals surface area (Å²) >= 11 is 0. The molecule has 0 spiro atoms. The number of piperidine rings is 1. The Morgan fingerprint density at radius 3 is 2.37 bits per heavy atom. The Labute approximate surface area is 207 Å².